The lowest BCUT2D eigenvalue weighted by Gasteiger charge is -2.26. The molecule has 0 aromatic heterocycles. The van der Waals surface area contributed by atoms with E-state index in [9.17, 15) is 12.8 Å². The molecule has 0 unspecified atom stereocenters. The van der Waals surface area contributed by atoms with Crippen LogP contribution in [0.25, 0.3) is 0 Å². The number of nitrogens with zero attached hydrogens (tertiary/aromatic N) is 1. The molecule has 0 amide bonds. The molecular formula is C10H12ClFN2O2S. The maximum Gasteiger partial charge on any atom is 0.246 e. The third-order valence-electron chi connectivity index (χ3n) is 2.59. The molecule has 1 saturated heterocycles. The van der Waals surface area contributed by atoms with Gasteiger partial charge >= 0.3 is 0 Å². The quantitative estimate of drug-likeness (QED) is 0.880. The average Bonchev–Trinajstić information content (AvgIpc) is 2.33. The smallest absolute Gasteiger partial charge is 0.246 e. The lowest BCUT2D eigenvalue weighted by atomic mass is 10.3. The average molecular weight is 279 g/mol. The summed E-state index contributed by atoms with van der Waals surface area (Å²) >= 11 is 5.70. The van der Waals surface area contributed by atoms with Crippen molar-refractivity contribution < 1.29 is 12.8 Å². The molecule has 7 heteroatoms. The highest BCUT2D eigenvalue weighted by atomic mass is 35.5. The number of sulfonamides is 1. The Morgan fingerprint density at radius 1 is 1.29 bits per heavy atom. The van der Waals surface area contributed by atoms with E-state index in [2.05, 4.69) is 5.32 Å². The maximum atomic E-state index is 13.5. The summed E-state index contributed by atoms with van der Waals surface area (Å²) < 4.78 is 39.1. The molecule has 1 heterocycles. The van der Waals surface area contributed by atoms with Gasteiger partial charge in [0.15, 0.2) is 0 Å². The van der Waals surface area contributed by atoms with E-state index in [0.29, 0.717) is 26.2 Å². The summed E-state index contributed by atoms with van der Waals surface area (Å²) in [5, 5.41) is 3.25. The second kappa shape index (κ2) is 4.89. The van der Waals surface area contributed by atoms with E-state index in [-0.39, 0.29) is 9.92 Å². The van der Waals surface area contributed by atoms with Crippen LogP contribution in [0.5, 0.6) is 0 Å². The number of nitrogens with one attached hydrogen (secondary N) is 1. The highest BCUT2D eigenvalue weighted by Gasteiger charge is 2.28. The van der Waals surface area contributed by atoms with Gasteiger partial charge in [-0.05, 0) is 18.2 Å². The molecule has 1 aromatic carbocycles. The summed E-state index contributed by atoms with van der Waals surface area (Å²) in [6.07, 6.45) is 0. The Kier molecular flexibility index (Phi) is 3.67. The molecule has 17 heavy (non-hydrogen) atoms. The second-order valence-corrected chi connectivity index (χ2v) is 6.07. The first-order valence-corrected chi connectivity index (χ1v) is 6.99. The molecule has 94 valence electrons. The van der Waals surface area contributed by atoms with Gasteiger partial charge in [0.05, 0.1) is 0 Å². The summed E-state index contributed by atoms with van der Waals surface area (Å²) in [5.41, 5.74) is 0. The topological polar surface area (TPSA) is 49.4 Å². The maximum absolute atomic E-state index is 13.5. The van der Waals surface area contributed by atoms with Gasteiger partial charge in [0.25, 0.3) is 0 Å². The van der Waals surface area contributed by atoms with Crippen LogP contribution in [0.1, 0.15) is 0 Å². The van der Waals surface area contributed by atoms with E-state index >= 15 is 0 Å². The molecule has 1 aliphatic rings. The van der Waals surface area contributed by atoms with Crippen molar-refractivity contribution in [3.05, 3.63) is 29.0 Å². The molecule has 0 radical (unpaired) electrons. The molecule has 1 N–H and O–H groups in total. The number of piperazine rings is 1. The summed E-state index contributed by atoms with van der Waals surface area (Å²) in [5.74, 6) is -0.770. The Labute approximate surface area is 104 Å². The zero-order chi connectivity index (χ0) is 12.5. The third kappa shape index (κ3) is 2.60. The fourth-order valence-corrected chi connectivity index (χ4v) is 3.47. The third-order valence-corrected chi connectivity index (χ3v) is 4.74. The van der Waals surface area contributed by atoms with Gasteiger partial charge in [0.2, 0.25) is 10.0 Å². The first-order chi connectivity index (χ1) is 8.01. The van der Waals surface area contributed by atoms with Crippen molar-refractivity contribution >= 4 is 21.6 Å². The summed E-state index contributed by atoms with van der Waals surface area (Å²) in [6.45, 7) is 1.82. The van der Waals surface area contributed by atoms with Gasteiger partial charge in [0.1, 0.15) is 10.7 Å². The van der Waals surface area contributed by atoms with Crippen molar-refractivity contribution in [2.24, 2.45) is 0 Å². The minimum absolute atomic E-state index is 0.208. The van der Waals surface area contributed by atoms with Crippen LogP contribution in [-0.2, 0) is 10.0 Å². The monoisotopic (exact) mass is 278 g/mol. The Hall–Kier alpha value is -0.690. The Balaban J connectivity index is 2.40. The molecule has 0 aliphatic carbocycles. The second-order valence-electron chi connectivity index (χ2n) is 3.73. The van der Waals surface area contributed by atoms with Crippen LogP contribution in [0, 0.1) is 5.82 Å². The van der Waals surface area contributed by atoms with E-state index in [0.717, 1.165) is 12.1 Å². The number of benzene rings is 1. The largest absolute Gasteiger partial charge is 0.314 e. The molecule has 0 saturated carbocycles. The van der Waals surface area contributed by atoms with Gasteiger partial charge < -0.3 is 5.32 Å². The normalized spacial score (nSPS) is 18.2. The predicted molar refractivity (Wildman–Crippen MR) is 63.0 cm³/mol. The minimum Gasteiger partial charge on any atom is -0.314 e. The first-order valence-electron chi connectivity index (χ1n) is 5.18. The fourth-order valence-electron chi connectivity index (χ4n) is 1.70. The Morgan fingerprint density at radius 2 is 1.94 bits per heavy atom. The van der Waals surface area contributed by atoms with Gasteiger partial charge in [-0.2, -0.15) is 4.31 Å². The lowest BCUT2D eigenvalue weighted by molar-refractivity contribution is 0.358. The zero-order valence-electron chi connectivity index (χ0n) is 8.99. The van der Waals surface area contributed by atoms with E-state index in [4.69, 9.17) is 11.6 Å². The van der Waals surface area contributed by atoms with E-state index in [1.54, 1.807) is 0 Å². The van der Waals surface area contributed by atoms with Crippen molar-refractivity contribution in [2.75, 3.05) is 26.2 Å². The summed E-state index contributed by atoms with van der Waals surface area (Å²) in [6, 6.07) is 3.54. The predicted octanol–water partition coefficient (Wildman–Crippen LogP) is 1.07. The number of rotatable bonds is 2. The highest BCUT2D eigenvalue weighted by Crippen LogP contribution is 2.23. The highest BCUT2D eigenvalue weighted by molar-refractivity contribution is 7.89. The first kappa shape index (κ1) is 12.8. The van der Waals surface area contributed by atoms with E-state index in [1.807, 2.05) is 0 Å². The molecule has 0 spiro atoms. The Morgan fingerprint density at radius 3 is 2.59 bits per heavy atom. The number of hydrogen-bond acceptors (Lipinski definition) is 3. The van der Waals surface area contributed by atoms with Crippen molar-refractivity contribution in [1.29, 1.82) is 0 Å². The van der Waals surface area contributed by atoms with Crippen LogP contribution >= 0.6 is 11.6 Å². The van der Waals surface area contributed by atoms with Gasteiger partial charge in [-0.3, -0.25) is 0 Å². The molecule has 2 rings (SSSR count). The van der Waals surface area contributed by atoms with Gasteiger partial charge in [-0.25, -0.2) is 12.8 Å². The van der Waals surface area contributed by atoms with Crippen LogP contribution in [0.2, 0.25) is 5.02 Å². The van der Waals surface area contributed by atoms with Crippen molar-refractivity contribution in [1.82, 2.24) is 9.62 Å². The fraction of sp³-hybridized carbons (Fsp3) is 0.400. The van der Waals surface area contributed by atoms with Crippen molar-refractivity contribution in [3.63, 3.8) is 0 Å². The number of hydrogen-bond donors (Lipinski definition) is 1. The molecule has 1 fully saturated rings. The van der Waals surface area contributed by atoms with Gasteiger partial charge in [-0.1, -0.05) is 11.6 Å². The van der Waals surface area contributed by atoms with Crippen LogP contribution in [0.15, 0.2) is 23.1 Å². The molecule has 0 bridgehead atoms. The lowest BCUT2D eigenvalue weighted by Crippen LogP contribution is -2.46. The standard InChI is InChI=1S/C10H12ClFN2O2S/c11-8-1-2-9(12)10(7-8)17(15,16)14-5-3-13-4-6-14/h1-2,7,13H,3-6H2. The SMILES string of the molecule is O=S(=O)(c1cc(Cl)ccc1F)N1CCNCC1. The minimum atomic E-state index is -3.78. The number of halogens is 2. The van der Waals surface area contributed by atoms with Crippen molar-refractivity contribution in [3.8, 4) is 0 Å². The summed E-state index contributed by atoms with van der Waals surface area (Å²) in [7, 11) is -3.78. The molecule has 1 aromatic rings. The Bertz CT molecular complexity index is 515. The molecule has 1 aliphatic heterocycles. The van der Waals surface area contributed by atoms with Gasteiger partial charge in [0, 0.05) is 31.2 Å². The van der Waals surface area contributed by atoms with Gasteiger partial charge in [-0.15, -0.1) is 0 Å². The zero-order valence-corrected chi connectivity index (χ0v) is 10.6. The summed E-state index contributed by atoms with van der Waals surface area (Å²) in [4.78, 5) is -0.355. The molecular weight excluding hydrogens is 267 g/mol. The van der Waals surface area contributed by atoms with Crippen LogP contribution in [0.4, 0.5) is 4.39 Å². The van der Waals surface area contributed by atoms with Crippen LogP contribution in [0.3, 0.4) is 0 Å². The molecule has 0 atom stereocenters. The van der Waals surface area contributed by atoms with Crippen molar-refractivity contribution in [2.45, 2.75) is 4.90 Å². The van der Waals surface area contributed by atoms with E-state index in [1.165, 1.54) is 10.4 Å². The van der Waals surface area contributed by atoms with Crippen LogP contribution in [-0.4, -0.2) is 38.9 Å². The van der Waals surface area contributed by atoms with E-state index < -0.39 is 15.8 Å². The molecule has 4 nitrogen and oxygen atoms in total. The van der Waals surface area contributed by atoms with Crippen LogP contribution < -0.4 is 5.32 Å².